The van der Waals surface area contributed by atoms with E-state index in [1.54, 1.807) is 34.9 Å². The second-order valence-corrected chi connectivity index (χ2v) is 17.8. The van der Waals surface area contributed by atoms with Crippen LogP contribution in [0.25, 0.3) is 0 Å². The van der Waals surface area contributed by atoms with Crippen molar-refractivity contribution < 1.29 is 47.9 Å². The van der Waals surface area contributed by atoms with Crippen LogP contribution >= 0.6 is 11.8 Å². The van der Waals surface area contributed by atoms with Crippen molar-refractivity contribution >= 4 is 23.6 Å². The number of hydrogen-bond acceptors (Lipinski definition) is 11. The van der Waals surface area contributed by atoms with E-state index in [4.69, 9.17) is 33.7 Å². The van der Waals surface area contributed by atoms with Crippen LogP contribution in [0.3, 0.4) is 0 Å². The predicted octanol–water partition coefficient (Wildman–Crippen LogP) is 10.8. The van der Waals surface area contributed by atoms with E-state index in [0.717, 1.165) is 47.3 Å². The number of thioether (sulfide) groups is 1. The lowest BCUT2D eigenvalue weighted by Crippen LogP contribution is -2.70. The van der Waals surface area contributed by atoms with Gasteiger partial charge in [-0.15, -0.1) is 18.3 Å². The summed E-state index contributed by atoms with van der Waals surface area (Å²) in [6, 6.07) is 28.8. The van der Waals surface area contributed by atoms with Gasteiger partial charge in [-0.25, -0.2) is 9.18 Å². The number of unbranched alkanes of at least 4 members (excludes halogenated alkanes) is 2. The van der Waals surface area contributed by atoms with Crippen LogP contribution in [0.4, 0.5) is 9.18 Å². The quantitative estimate of drug-likeness (QED) is 0.0303. The molecule has 352 valence electrons. The van der Waals surface area contributed by atoms with E-state index >= 15 is 0 Å². The smallest absolute Gasteiger partial charge is 0.410 e. The highest BCUT2D eigenvalue weighted by molar-refractivity contribution is 7.98. The Morgan fingerprint density at radius 3 is 2.39 bits per heavy atom. The minimum atomic E-state index is -1.52. The fourth-order valence-corrected chi connectivity index (χ4v) is 10.2. The molecule has 4 aromatic rings. The van der Waals surface area contributed by atoms with E-state index < -0.39 is 29.7 Å². The molecule has 1 amide bonds. The van der Waals surface area contributed by atoms with Gasteiger partial charge in [0.25, 0.3) is 0 Å². The molecule has 2 aliphatic carbocycles. The van der Waals surface area contributed by atoms with E-state index in [-0.39, 0.29) is 63.8 Å². The first-order chi connectivity index (χ1) is 32.3. The number of fused-ring (bicyclic) bond motifs is 2. The topological polar surface area (TPSA) is 129 Å². The molecule has 7 rings (SSSR count). The fraction of sp³-hybridized carbons (Fsp3) is 0.434. The summed E-state index contributed by atoms with van der Waals surface area (Å²) in [5.41, 5.74) is 4.18. The Morgan fingerprint density at radius 2 is 1.68 bits per heavy atom. The van der Waals surface area contributed by atoms with Gasteiger partial charge in [-0.05, 0) is 122 Å². The van der Waals surface area contributed by atoms with Crippen molar-refractivity contribution in [1.82, 2.24) is 4.90 Å². The number of amides is 1. The molecule has 4 aromatic carbocycles. The van der Waals surface area contributed by atoms with Gasteiger partial charge in [0.15, 0.2) is 0 Å². The molecule has 2 N–H and O–H groups in total. The predicted molar refractivity (Wildman–Crippen MR) is 254 cm³/mol. The lowest BCUT2D eigenvalue weighted by atomic mass is 9.55. The Balaban J connectivity index is 1.37. The Hall–Kier alpha value is -5.18. The third kappa shape index (κ3) is 11.7. The number of nitrogens with zero attached hydrogens (tertiary/aromatic N) is 2. The number of ether oxygens (including phenoxy) is 5. The maximum absolute atomic E-state index is 14.8. The number of oxime groups is 1. The van der Waals surface area contributed by atoms with Crippen LogP contribution in [0.5, 0.6) is 17.2 Å². The average molecular weight is 923 g/mol. The van der Waals surface area contributed by atoms with Crippen molar-refractivity contribution in [2.45, 2.75) is 87.7 Å². The zero-order chi connectivity index (χ0) is 46.3. The molecular weight excluding hydrogens is 860 g/mol. The average Bonchev–Trinajstić information content (AvgIpc) is 3.34. The van der Waals surface area contributed by atoms with Crippen molar-refractivity contribution in [3.8, 4) is 17.2 Å². The maximum atomic E-state index is 14.8. The highest BCUT2D eigenvalue weighted by Gasteiger charge is 2.65. The molecule has 6 atom stereocenters. The fourth-order valence-electron chi connectivity index (χ4n) is 9.76. The van der Waals surface area contributed by atoms with Gasteiger partial charge in [0.2, 0.25) is 5.79 Å². The number of aliphatic hydroxyl groups excluding tert-OH is 2. The van der Waals surface area contributed by atoms with Gasteiger partial charge in [-0.2, -0.15) is 0 Å². The first kappa shape index (κ1) is 48.7. The summed E-state index contributed by atoms with van der Waals surface area (Å²) in [5.74, 6) is -0.719. The molecule has 13 heteroatoms. The third-order valence-electron chi connectivity index (χ3n) is 12.7. The molecule has 66 heavy (non-hydrogen) atoms. The summed E-state index contributed by atoms with van der Waals surface area (Å²) in [6.07, 6.45) is 10.0. The van der Waals surface area contributed by atoms with Crippen LogP contribution in [0, 0.1) is 23.6 Å². The van der Waals surface area contributed by atoms with Crippen LogP contribution in [-0.4, -0.2) is 84.6 Å². The lowest BCUT2D eigenvalue weighted by molar-refractivity contribution is -0.256. The van der Waals surface area contributed by atoms with Gasteiger partial charge in [-0.1, -0.05) is 72.6 Å². The van der Waals surface area contributed by atoms with Gasteiger partial charge in [0.1, 0.15) is 42.3 Å². The molecular formula is C53H63FN2O9S. The van der Waals surface area contributed by atoms with Crippen molar-refractivity contribution in [1.29, 1.82) is 0 Å². The lowest BCUT2D eigenvalue weighted by Gasteiger charge is -2.59. The number of carbonyl (C=O) groups excluding carboxylic acids is 1. The molecule has 3 aliphatic rings. The molecule has 1 heterocycles. The summed E-state index contributed by atoms with van der Waals surface area (Å²) in [6.45, 7) is 7.02. The van der Waals surface area contributed by atoms with Crippen molar-refractivity contribution in [3.05, 3.63) is 144 Å². The Kier molecular flexibility index (Phi) is 17.7. The molecule has 1 fully saturated rings. The Labute approximate surface area is 392 Å². The monoisotopic (exact) mass is 922 g/mol. The molecule has 1 aliphatic heterocycles. The first-order valence-electron chi connectivity index (χ1n) is 23.1. The van der Waals surface area contributed by atoms with E-state index in [0.29, 0.717) is 54.6 Å². The number of benzene rings is 4. The van der Waals surface area contributed by atoms with E-state index in [2.05, 4.69) is 18.7 Å². The Morgan fingerprint density at radius 1 is 0.939 bits per heavy atom. The van der Waals surface area contributed by atoms with E-state index in [1.807, 2.05) is 79.9 Å². The van der Waals surface area contributed by atoms with Gasteiger partial charge >= 0.3 is 6.09 Å². The van der Waals surface area contributed by atoms with Crippen LogP contribution < -0.4 is 9.47 Å². The molecule has 0 radical (unpaired) electrons. The first-order valence-corrected chi connectivity index (χ1v) is 24.4. The van der Waals surface area contributed by atoms with Crippen LogP contribution in [-0.2, 0) is 32.2 Å². The van der Waals surface area contributed by atoms with E-state index in [1.165, 1.54) is 12.1 Å². The standard InChI is InChI=1S/C53H63FN2O9S/c1-4-29-62-53-49(56(35-37-17-19-40(54)20-18-37)52(59)61-31-30-60-36-38-13-7-6-8-14-38)34-47(55-63-5-2)45-32-39(15-9-11-27-57)44(16-10-12-28-58)50(51(45)53)46-33-42(23-26-48(46)65-53)64-41-21-24-43(66-3)25-22-41/h4,6-8,13-14,17-26,32-33,39,44,49-51,57-58H,1,5,9-12,15-16,27-31,34-36H2,2-3H3/t39-,44+,49-,50+,51+,53+/m0/s1. The zero-order valence-electron chi connectivity index (χ0n) is 38.0. The molecule has 0 spiro atoms. The number of rotatable bonds is 24. The molecule has 0 aromatic heterocycles. The summed E-state index contributed by atoms with van der Waals surface area (Å²) >= 11 is 1.66. The van der Waals surface area contributed by atoms with Crippen LogP contribution in [0.15, 0.2) is 131 Å². The number of halogens is 1. The number of allylic oxidation sites excluding steroid dienone is 1. The minimum absolute atomic E-state index is 0.0146. The van der Waals surface area contributed by atoms with Gasteiger partial charge in [-0.3, -0.25) is 4.90 Å². The second kappa shape index (κ2) is 24.0. The zero-order valence-corrected chi connectivity index (χ0v) is 38.8. The molecule has 0 bridgehead atoms. The summed E-state index contributed by atoms with van der Waals surface area (Å²) in [7, 11) is 0. The second-order valence-electron chi connectivity index (χ2n) is 16.9. The van der Waals surface area contributed by atoms with Crippen molar-refractivity contribution in [3.63, 3.8) is 0 Å². The molecule has 0 unspecified atom stereocenters. The summed E-state index contributed by atoms with van der Waals surface area (Å²) < 4.78 is 47.4. The van der Waals surface area contributed by atoms with Gasteiger partial charge < -0.3 is 38.7 Å². The van der Waals surface area contributed by atoms with Gasteiger partial charge in [0.05, 0.1) is 31.5 Å². The minimum Gasteiger partial charge on any atom is -0.459 e. The third-order valence-corrected chi connectivity index (χ3v) is 13.4. The normalized spacial score (nSPS) is 22.3. The molecule has 1 saturated carbocycles. The number of aliphatic hydroxyl groups is 2. The molecule has 0 saturated heterocycles. The number of hydrogen-bond donors (Lipinski definition) is 2. The van der Waals surface area contributed by atoms with Crippen LogP contribution in [0.1, 0.15) is 74.5 Å². The summed E-state index contributed by atoms with van der Waals surface area (Å²) in [5, 5.41) is 24.7. The SMILES string of the molecule is C=CCO[C@@]12Oc3ccc(Oc4ccc(SC)cc4)cc3[C@H]3[C@H](CCCCO)[C@@H](CCCCO)C=C(C(=NOCC)C[C@@H]1N(Cc1ccc(F)cc1)C(=O)OCCOCc1ccccc1)[C@H]32. The Bertz CT molecular complexity index is 2240. The van der Waals surface area contributed by atoms with E-state index in [9.17, 15) is 19.4 Å². The highest BCUT2D eigenvalue weighted by Crippen LogP contribution is 2.62. The van der Waals surface area contributed by atoms with Crippen molar-refractivity contribution in [2.75, 3.05) is 45.9 Å². The largest absolute Gasteiger partial charge is 0.459 e. The van der Waals surface area contributed by atoms with Gasteiger partial charge in [0, 0.05) is 42.6 Å². The molecule has 11 nitrogen and oxygen atoms in total. The summed E-state index contributed by atoms with van der Waals surface area (Å²) in [4.78, 5) is 23.5. The maximum Gasteiger partial charge on any atom is 0.410 e. The van der Waals surface area contributed by atoms with Crippen molar-refractivity contribution in [2.24, 2.45) is 22.9 Å². The highest BCUT2D eigenvalue weighted by atomic mass is 32.2. The van der Waals surface area contributed by atoms with Crippen LogP contribution in [0.2, 0.25) is 0 Å². The number of carbonyl (C=O) groups is 1.